The number of hydrogen-bond donors (Lipinski definition) is 0. The Morgan fingerprint density at radius 2 is 2.06 bits per heavy atom. The lowest BCUT2D eigenvalue weighted by molar-refractivity contribution is -0.0484. The fraction of sp³-hybridized carbons (Fsp3) is 1.00. The third kappa shape index (κ3) is 2.95. The molecule has 0 aromatic carbocycles. The number of likely N-dealkylation sites (tertiary alicyclic amines) is 1. The van der Waals surface area contributed by atoms with Crippen LogP contribution in [0.5, 0.6) is 0 Å². The van der Waals surface area contributed by atoms with Crippen LogP contribution in [0.3, 0.4) is 0 Å². The van der Waals surface area contributed by atoms with E-state index in [1.54, 1.807) is 0 Å². The Balaban J connectivity index is 1.80. The first-order valence-corrected chi connectivity index (χ1v) is 6.65. The Bertz CT molecular complexity index is 224. The number of hydrogen-bond acceptors (Lipinski definition) is 2. The SMILES string of the molecule is C[C@@H]1CCN(C[C@H]2OCCC[C@H]2C)C[C@@H]1F. The lowest BCUT2D eigenvalue weighted by atomic mass is 9.93. The van der Waals surface area contributed by atoms with Gasteiger partial charge in [-0.3, -0.25) is 4.90 Å². The topological polar surface area (TPSA) is 12.5 Å². The number of halogens is 1. The molecule has 2 rings (SSSR count). The second kappa shape index (κ2) is 5.46. The molecule has 0 saturated carbocycles. The summed E-state index contributed by atoms with van der Waals surface area (Å²) in [6, 6.07) is 0. The summed E-state index contributed by atoms with van der Waals surface area (Å²) in [6.07, 6.45) is 3.11. The normalized spacial score (nSPS) is 42.2. The fourth-order valence-electron chi connectivity index (χ4n) is 2.73. The van der Waals surface area contributed by atoms with Crippen LogP contribution in [0.2, 0.25) is 0 Å². The second-order valence-electron chi connectivity index (χ2n) is 5.57. The predicted molar refractivity (Wildman–Crippen MR) is 63.3 cm³/mol. The molecule has 0 unspecified atom stereocenters. The second-order valence-corrected chi connectivity index (χ2v) is 5.57. The first-order chi connectivity index (χ1) is 7.66. The van der Waals surface area contributed by atoms with Gasteiger partial charge in [0.15, 0.2) is 0 Å². The Morgan fingerprint density at radius 3 is 2.75 bits per heavy atom. The van der Waals surface area contributed by atoms with Gasteiger partial charge in [0.2, 0.25) is 0 Å². The monoisotopic (exact) mass is 229 g/mol. The van der Waals surface area contributed by atoms with Crippen molar-refractivity contribution in [3.05, 3.63) is 0 Å². The van der Waals surface area contributed by atoms with Crippen LogP contribution in [0, 0.1) is 11.8 Å². The molecular formula is C13H24FNO. The van der Waals surface area contributed by atoms with Gasteiger partial charge in [0.1, 0.15) is 6.17 Å². The van der Waals surface area contributed by atoms with Crippen molar-refractivity contribution in [2.75, 3.05) is 26.2 Å². The fourth-order valence-corrected chi connectivity index (χ4v) is 2.73. The first-order valence-electron chi connectivity index (χ1n) is 6.65. The molecule has 0 aromatic heterocycles. The maximum atomic E-state index is 13.6. The van der Waals surface area contributed by atoms with E-state index in [9.17, 15) is 4.39 Å². The number of ether oxygens (including phenoxy) is 1. The van der Waals surface area contributed by atoms with Crippen LogP contribution in [0.1, 0.15) is 33.1 Å². The highest BCUT2D eigenvalue weighted by molar-refractivity contribution is 4.81. The highest BCUT2D eigenvalue weighted by atomic mass is 19.1. The summed E-state index contributed by atoms with van der Waals surface area (Å²) in [5.41, 5.74) is 0. The quantitative estimate of drug-likeness (QED) is 0.721. The third-order valence-corrected chi connectivity index (χ3v) is 4.16. The van der Waals surface area contributed by atoms with E-state index in [2.05, 4.69) is 11.8 Å². The molecule has 0 aromatic rings. The van der Waals surface area contributed by atoms with Crippen LogP contribution in [-0.2, 0) is 4.74 Å². The van der Waals surface area contributed by atoms with Gasteiger partial charge in [-0.2, -0.15) is 0 Å². The summed E-state index contributed by atoms with van der Waals surface area (Å²) in [7, 11) is 0. The van der Waals surface area contributed by atoms with Crippen LogP contribution < -0.4 is 0 Å². The van der Waals surface area contributed by atoms with Gasteiger partial charge in [-0.05, 0) is 37.6 Å². The molecule has 0 radical (unpaired) electrons. The minimum Gasteiger partial charge on any atom is -0.377 e. The summed E-state index contributed by atoms with van der Waals surface area (Å²) in [5, 5.41) is 0. The largest absolute Gasteiger partial charge is 0.377 e. The van der Waals surface area contributed by atoms with Crippen molar-refractivity contribution < 1.29 is 9.13 Å². The van der Waals surface area contributed by atoms with Crippen molar-refractivity contribution in [1.82, 2.24) is 4.90 Å². The van der Waals surface area contributed by atoms with Crippen molar-refractivity contribution >= 4 is 0 Å². The molecule has 2 aliphatic rings. The molecular weight excluding hydrogens is 205 g/mol. The van der Waals surface area contributed by atoms with Crippen molar-refractivity contribution in [3.63, 3.8) is 0 Å². The highest BCUT2D eigenvalue weighted by Gasteiger charge is 2.30. The smallest absolute Gasteiger partial charge is 0.115 e. The van der Waals surface area contributed by atoms with E-state index in [4.69, 9.17) is 4.74 Å². The molecule has 0 spiro atoms. The molecule has 2 fully saturated rings. The van der Waals surface area contributed by atoms with E-state index < -0.39 is 6.17 Å². The number of nitrogens with zero attached hydrogens (tertiary/aromatic N) is 1. The molecule has 3 heteroatoms. The minimum atomic E-state index is -0.646. The summed E-state index contributed by atoms with van der Waals surface area (Å²) < 4.78 is 19.4. The zero-order valence-corrected chi connectivity index (χ0v) is 10.5. The molecule has 0 amide bonds. The average molecular weight is 229 g/mol. The predicted octanol–water partition coefficient (Wildman–Crippen LogP) is 2.48. The lowest BCUT2D eigenvalue weighted by Crippen LogP contribution is -2.46. The third-order valence-electron chi connectivity index (χ3n) is 4.16. The van der Waals surface area contributed by atoms with Crippen molar-refractivity contribution in [2.45, 2.75) is 45.4 Å². The molecule has 2 saturated heterocycles. The van der Waals surface area contributed by atoms with E-state index >= 15 is 0 Å². The average Bonchev–Trinajstić information content (AvgIpc) is 2.27. The minimum absolute atomic E-state index is 0.237. The van der Waals surface area contributed by atoms with E-state index in [0.29, 0.717) is 18.6 Å². The van der Waals surface area contributed by atoms with Crippen LogP contribution in [0.25, 0.3) is 0 Å². The van der Waals surface area contributed by atoms with E-state index in [-0.39, 0.29) is 5.92 Å². The number of piperidine rings is 1. The summed E-state index contributed by atoms with van der Waals surface area (Å²) >= 11 is 0. The van der Waals surface area contributed by atoms with Gasteiger partial charge in [-0.1, -0.05) is 13.8 Å². The Hall–Kier alpha value is -0.150. The van der Waals surface area contributed by atoms with Gasteiger partial charge in [0.25, 0.3) is 0 Å². The maximum Gasteiger partial charge on any atom is 0.115 e. The van der Waals surface area contributed by atoms with Crippen molar-refractivity contribution in [3.8, 4) is 0 Å². The molecule has 0 aliphatic carbocycles. The number of rotatable bonds is 2. The van der Waals surface area contributed by atoms with Crippen LogP contribution in [0.15, 0.2) is 0 Å². The zero-order valence-electron chi connectivity index (χ0n) is 10.5. The van der Waals surface area contributed by atoms with E-state index in [0.717, 1.165) is 26.1 Å². The van der Waals surface area contributed by atoms with Gasteiger partial charge in [-0.15, -0.1) is 0 Å². The van der Waals surface area contributed by atoms with Crippen LogP contribution >= 0.6 is 0 Å². The Kier molecular flexibility index (Phi) is 4.20. The van der Waals surface area contributed by atoms with Crippen LogP contribution in [-0.4, -0.2) is 43.4 Å². The van der Waals surface area contributed by atoms with Crippen molar-refractivity contribution in [1.29, 1.82) is 0 Å². The van der Waals surface area contributed by atoms with Gasteiger partial charge < -0.3 is 4.74 Å². The van der Waals surface area contributed by atoms with Gasteiger partial charge in [0, 0.05) is 19.7 Å². The Labute approximate surface area is 98.1 Å². The van der Waals surface area contributed by atoms with Gasteiger partial charge >= 0.3 is 0 Å². The van der Waals surface area contributed by atoms with E-state index in [1.165, 1.54) is 12.8 Å². The van der Waals surface area contributed by atoms with Gasteiger partial charge in [0.05, 0.1) is 6.10 Å². The van der Waals surface area contributed by atoms with Crippen molar-refractivity contribution in [2.24, 2.45) is 11.8 Å². The number of alkyl halides is 1. The highest BCUT2D eigenvalue weighted by Crippen LogP contribution is 2.24. The summed E-state index contributed by atoms with van der Waals surface area (Å²) in [5.74, 6) is 0.868. The van der Waals surface area contributed by atoms with Crippen LogP contribution in [0.4, 0.5) is 4.39 Å². The molecule has 4 atom stereocenters. The molecule has 16 heavy (non-hydrogen) atoms. The Morgan fingerprint density at radius 1 is 1.25 bits per heavy atom. The molecule has 2 aliphatic heterocycles. The first kappa shape index (κ1) is 12.3. The molecule has 0 bridgehead atoms. The standard InChI is InChI=1S/C13H24FNO/c1-10-5-6-15(8-12(10)14)9-13-11(2)4-3-7-16-13/h10-13H,3-9H2,1-2H3/t10-,11-,12+,13-/m1/s1. The molecule has 2 heterocycles. The summed E-state index contributed by atoms with van der Waals surface area (Å²) in [6.45, 7) is 7.72. The summed E-state index contributed by atoms with van der Waals surface area (Å²) in [4.78, 5) is 2.25. The molecule has 2 nitrogen and oxygen atoms in total. The maximum absolute atomic E-state index is 13.6. The lowest BCUT2D eigenvalue weighted by Gasteiger charge is -2.38. The van der Waals surface area contributed by atoms with E-state index in [1.807, 2.05) is 6.92 Å². The molecule has 94 valence electrons. The zero-order chi connectivity index (χ0) is 11.5. The van der Waals surface area contributed by atoms with Gasteiger partial charge in [-0.25, -0.2) is 4.39 Å². The molecule has 0 N–H and O–H groups in total.